The van der Waals surface area contributed by atoms with E-state index in [1.54, 1.807) is 0 Å². The van der Waals surface area contributed by atoms with Gasteiger partial charge in [0.25, 0.3) is 0 Å². The molecule has 3 rings (SSSR count). The smallest absolute Gasteiger partial charge is 0.342 e. The molecular weight excluding hydrogens is 368 g/mol. The molecule has 0 bridgehead atoms. The molecule has 1 heterocycles. The average molecular weight is 403 g/mol. The van der Waals surface area contributed by atoms with Gasteiger partial charge in [0, 0.05) is 17.4 Å². The summed E-state index contributed by atoms with van der Waals surface area (Å²) in [4.78, 5) is 12.3. The summed E-state index contributed by atoms with van der Waals surface area (Å²) in [5.41, 5.74) is 2.95. The average Bonchev–Trinajstić information content (AvgIpc) is 2.66. The third kappa shape index (κ3) is 4.67. The Morgan fingerprint density at radius 2 is 2.10 bits per heavy atom. The van der Waals surface area contributed by atoms with E-state index in [9.17, 15) is 9.90 Å². The van der Waals surface area contributed by atoms with Crippen LogP contribution >= 0.6 is 0 Å². The topological polar surface area (TPSA) is 76.0 Å². The van der Waals surface area contributed by atoms with Crippen LogP contribution in [0.4, 0.5) is 0 Å². The molecule has 5 nitrogen and oxygen atoms in total. The molecule has 1 aliphatic carbocycles. The summed E-state index contributed by atoms with van der Waals surface area (Å²) >= 11 is 0. The quantitative estimate of drug-likeness (QED) is 0.308. The van der Waals surface area contributed by atoms with Gasteiger partial charge in [-0.25, -0.2) is 4.79 Å². The highest BCUT2D eigenvalue weighted by molar-refractivity contribution is 5.78. The van der Waals surface area contributed by atoms with Crippen LogP contribution < -0.4 is 9.47 Å². The number of carbonyl (C=O) groups excluding carboxylic acids is 1. The predicted octanol–water partition coefficient (Wildman–Crippen LogP) is 4.29. The van der Waals surface area contributed by atoms with E-state index < -0.39 is 18.7 Å². The minimum atomic E-state index is -1.55. The van der Waals surface area contributed by atoms with Crippen LogP contribution in [-0.4, -0.2) is 34.5 Å². The first-order valence-electron chi connectivity index (χ1n) is 10.8. The summed E-state index contributed by atoms with van der Waals surface area (Å²) in [5, 5.41) is 18.8. The molecule has 0 amide bonds. The minimum Gasteiger partial charge on any atom is -0.487 e. The van der Waals surface area contributed by atoms with Crippen molar-refractivity contribution in [2.24, 2.45) is 5.92 Å². The second-order valence-corrected chi connectivity index (χ2v) is 8.97. The molecule has 1 aromatic rings. The summed E-state index contributed by atoms with van der Waals surface area (Å²) in [5.74, 6) is 0.754. The number of allylic oxidation sites excluding steroid dienone is 2. The zero-order valence-electron chi connectivity index (χ0n) is 18.0. The van der Waals surface area contributed by atoms with Crippen LogP contribution in [0.2, 0.25) is 0 Å². The molecule has 3 atom stereocenters. The zero-order valence-corrected chi connectivity index (χ0v) is 18.0. The third-order valence-electron chi connectivity index (χ3n) is 6.24. The van der Waals surface area contributed by atoms with Crippen LogP contribution in [0.3, 0.4) is 0 Å². The lowest BCUT2D eigenvalue weighted by atomic mass is 9.68. The fraction of sp³-hybridized carbons (Fsp3) is 0.625. The summed E-state index contributed by atoms with van der Waals surface area (Å²) < 4.78 is 12.1. The first kappa shape index (κ1) is 21.8. The van der Waals surface area contributed by atoms with E-state index in [1.165, 1.54) is 5.57 Å². The fourth-order valence-electron chi connectivity index (χ4n) is 4.62. The van der Waals surface area contributed by atoms with Crippen molar-refractivity contribution in [1.29, 1.82) is 0 Å². The maximum absolute atomic E-state index is 12.3. The number of fused-ring (bicyclic) bond motifs is 3. The molecule has 160 valence electrons. The molecule has 29 heavy (non-hydrogen) atoms. The molecule has 2 aliphatic rings. The monoisotopic (exact) mass is 402 g/mol. The molecule has 1 aromatic carbocycles. The van der Waals surface area contributed by atoms with Gasteiger partial charge in [-0.3, -0.25) is 0 Å². The Labute approximate surface area is 173 Å². The molecular formula is C24H34O5. The van der Waals surface area contributed by atoms with Crippen molar-refractivity contribution in [3.05, 3.63) is 34.9 Å². The Kier molecular flexibility index (Phi) is 6.69. The van der Waals surface area contributed by atoms with Gasteiger partial charge in [-0.2, -0.15) is 0 Å². The lowest BCUT2D eigenvalue weighted by Gasteiger charge is -2.46. The molecule has 5 heteroatoms. The molecule has 1 aliphatic heterocycles. The first-order chi connectivity index (χ1) is 13.8. The number of esters is 1. The van der Waals surface area contributed by atoms with Crippen LogP contribution in [0, 0.1) is 5.92 Å². The number of unbranched alkanes of at least 4 members (excludes halogenated alkanes) is 2. The highest BCUT2D eigenvalue weighted by atomic mass is 16.6. The molecule has 0 saturated heterocycles. The number of rotatable bonds is 7. The molecule has 2 N–H and O–H groups in total. The normalized spacial score (nSPS) is 23.3. The largest absolute Gasteiger partial charge is 0.487 e. The predicted molar refractivity (Wildman–Crippen MR) is 112 cm³/mol. The highest BCUT2D eigenvalue weighted by Crippen LogP contribution is 2.53. The van der Waals surface area contributed by atoms with Gasteiger partial charge in [-0.1, -0.05) is 31.4 Å². The number of hydrogen-bond acceptors (Lipinski definition) is 5. The number of benzene rings is 1. The van der Waals surface area contributed by atoms with Crippen molar-refractivity contribution in [2.75, 3.05) is 6.61 Å². The number of ether oxygens (including phenoxy) is 2. The van der Waals surface area contributed by atoms with Crippen molar-refractivity contribution >= 4 is 5.97 Å². The summed E-state index contributed by atoms with van der Waals surface area (Å²) in [6.45, 7) is 7.91. The maximum atomic E-state index is 12.3. The van der Waals surface area contributed by atoms with E-state index in [1.807, 2.05) is 6.07 Å². The van der Waals surface area contributed by atoms with Gasteiger partial charge in [-0.15, -0.1) is 0 Å². The van der Waals surface area contributed by atoms with E-state index in [2.05, 4.69) is 39.8 Å². The third-order valence-corrected chi connectivity index (χ3v) is 6.24. The van der Waals surface area contributed by atoms with E-state index in [4.69, 9.17) is 14.6 Å². The molecule has 0 radical (unpaired) electrons. The van der Waals surface area contributed by atoms with Crippen molar-refractivity contribution in [3.63, 3.8) is 0 Å². The second kappa shape index (κ2) is 8.88. The molecule has 0 fully saturated rings. The van der Waals surface area contributed by atoms with E-state index in [0.29, 0.717) is 5.75 Å². The van der Waals surface area contributed by atoms with Gasteiger partial charge in [0.2, 0.25) is 0 Å². The zero-order chi connectivity index (χ0) is 21.2. The number of aryl methyl sites for hydroxylation is 1. The molecule has 0 saturated carbocycles. The van der Waals surface area contributed by atoms with Gasteiger partial charge >= 0.3 is 5.97 Å². The van der Waals surface area contributed by atoms with Crippen molar-refractivity contribution in [2.45, 2.75) is 83.8 Å². The van der Waals surface area contributed by atoms with Crippen LogP contribution in [0.25, 0.3) is 0 Å². The van der Waals surface area contributed by atoms with Crippen molar-refractivity contribution < 1.29 is 24.5 Å². The standard InChI is InChI=1S/C24H34O5/c1-5-6-7-8-16-12-20(28-23(27)19(26)14-25)22-17-11-15(2)9-10-18(17)24(3,4)29-21(22)13-16/h11-13,17-19,25-26H,5-10,14H2,1-4H3/t17-,18?,19?/m1/s1. The second-order valence-electron chi connectivity index (χ2n) is 8.97. The maximum Gasteiger partial charge on any atom is 0.342 e. The van der Waals surface area contributed by atoms with Gasteiger partial charge in [-0.05, 0) is 64.2 Å². The van der Waals surface area contributed by atoms with Crippen LogP contribution in [0.5, 0.6) is 11.5 Å². The fourth-order valence-corrected chi connectivity index (χ4v) is 4.62. The Morgan fingerprint density at radius 3 is 2.79 bits per heavy atom. The van der Waals surface area contributed by atoms with Gasteiger partial charge in [0.15, 0.2) is 6.10 Å². The first-order valence-corrected chi connectivity index (χ1v) is 10.8. The molecule has 0 spiro atoms. The minimum absolute atomic E-state index is 0.0984. The highest BCUT2D eigenvalue weighted by Gasteiger charge is 2.45. The summed E-state index contributed by atoms with van der Waals surface area (Å²) in [6, 6.07) is 3.99. The molecule has 0 aromatic heterocycles. The van der Waals surface area contributed by atoms with Crippen molar-refractivity contribution in [3.8, 4) is 11.5 Å². The van der Waals surface area contributed by atoms with Gasteiger partial charge in [0.05, 0.1) is 6.61 Å². The lowest BCUT2D eigenvalue weighted by Crippen LogP contribution is -2.45. The van der Waals surface area contributed by atoms with Crippen LogP contribution in [-0.2, 0) is 11.2 Å². The SMILES string of the molecule is CCCCCc1cc(OC(=O)C(O)CO)c2c(c1)OC(C)(C)C1CCC(C)=C[C@@H]21. The van der Waals surface area contributed by atoms with E-state index >= 15 is 0 Å². The van der Waals surface area contributed by atoms with Crippen molar-refractivity contribution in [1.82, 2.24) is 0 Å². The Bertz CT molecular complexity index is 780. The van der Waals surface area contributed by atoms with Gasteiger partial charge in [0.1, 0.15) is 17.1 Å². The number of aliphatic hydroxyl groups excluding tert-OH is 2. The summed E-state index contributed by atoms with van der Waals surface area (Å²) in [6.07, 6.45) is 6.97. The number of aliphatic hydroxyl groups is 2. The number of hydrogen-bond donors (Lipinski definition) is 2. The van der Waals surface area contributed by atoms with Crippen LogP contribution in [0.1, 0.15) is 76.8 Å². The summed E-state index contributed by atoms with van der Waals surface area (Å²) in [7, 11) is 0. The Hall–Kier alpha value is -1.85. The number of carbonyl (C=O) groups is 1. The Morgan fingerprint density at radius 1 is 1.34 bits per heavy atom. The Balaban J connectivity index is 2.06. The lowest BCUT2D eigenvalue weighted by molar-refractivity contribution is -0.145. The molecule has 2 unspecified atom stereocenters. The van der Waals surface area contributed by atoms with Gasteiger partial charge < -0.3 is 19.7 Å². The van der Waals surface area contributed by atoms with E-state index in [0.717, 1.165) is 55.4 Å². The van der Waals surface area contributed by atoms with Crippen LogP contribution in [0.15, 0.2) is 23.8 Å². The van der Waals surface area contributed by atoms with E-state index in [-0.39, 0.29) is 17.4 Å².